The topological polar surface area (TPSA) is 33.1 Å². The van der Waals surface area contributed by atoms with E-state index in [9.17, 15) is 0 Å². The normalized spacial score (nSPS) is 10.9. The monoisotopic (exact) mass is 263 g/mol. The third-order valence-electron chi connectivity index (χ3n) is 3.64. The molecule has 100 valence electrons. The zero-order chi connectivity index (χ0) is 13.9. The molecule has 0 radical (unpaired) electrons. The maximum Gasteiger partial charge on any atom is 0.0710 e. The summed E-state index contributed by atoms with van der Waals surface area (Å²) in [5.41, 5.74) is 5.82. The Morgan fingerprint density at radius 1 is 1.00 bits per heavy atom. The maximum absolute atomic E-state index is 9.04. The first kappa shape index (κ1) is 12.8. The van der Waals surface area contributed by atoms with Gasteiger partial charge in [0.2, 0.25) is 0 Å². The van der Waals surface area contributed by atoms with Gasteiger partial charge < -0.3 is 5.11 Å². The molecule has 0 bridgehead atoms. The van der Waals surface area contributed by atoms with Gasteiger partial charge >= 0.3 is 0 Å². The van der Waals surface area contributed by atoms with Crippen LogP contribution in [0, 0.1) is 6.92 Å². The van der Waals surface area contributed by atoms with Crippen LogP contribution in [0.2, 0.25) is 0 Å². The lowest BCUT2D eigenvalue weighted by Crippen LogP contribution is -1.92. The van der Waals surface area contributed by atoms with Gasteiger partial charge in [-0.1, -0.05) is 36.4 Å². The zero-order valence-corrected chi connectivity index (χ0v) is 11.5. The lowest BCUT2D eigenvalue weighted by atomic mass is 9.96. The van der Waals surface area contributed by atoms with Gasteiger partial charge in [0.15, 0.2) is 0 Å². The van der Waals surface area contributed by atoms with Crippen molar-refractivity contribution in [3.8, 4) is 11.1 Å². The van der Waals surface area contributed by atoms with Crippen LogP contribution in [-0.4, -0.2) is 16.7 Å². The second-order valence-corrected chi connectivity index (χ2v) is 5.00. The highest BCUT2D eigenvalue weighted by molar-refractivity contribution is 5.95. The fourth-order valence-corrected chi connectivity index (χ4v) is 2.59. The van der Waals surface area contributed by atoms with Crippen molar-refractivity contribution in [3.05, 3.63) is 65.9 Å². The number of fused-ring (bicyclic) bond motifs is 1. The van der Waals surface area contributed by atoms with Crippen LogP contribution < -0.4 is 0 Å². The smallest absolute Gasteiger partial charge is 0.0710 e. The molecule has 0 amide bonds. The van der Waals surface area contributed by atoms with E-state index < -0.39 is 0 Å². The van der Waals surface area contributed by atoms with Gasteiger partial charge in [-0.3, -0.25) is 4.98 Å². The molecule has 0 aliphatic heterocycles. The Hall–Kier alpha value is -2.19. The highest BCUT2D eigenvalue weighted by Gasteiger charge is 2.07. The van der Waals surface area contributed by atoms with Gasteiger partial charge in [-0.05, 0) is 47.7 Å². The van der Waals surface area contributed by atoms with Gasteiger partial charge in [-0.2, -0.15) is 0 Å². The molecule has 0 saturated heterocycles. The number of aliphatic hydroxyl groups is 1. The van der Waals surface area contributed by atoms with E-state index in [0.717, 1.165) is 16.5 Å². The second kappa shape index (κ2) is 5.43. The number of hydrogen-bond donors (Lipinski definition) is 1. The van der Waals surface area contributed by atoms with Gasteiger partial charge in [-0.15, -0.1) is 0 Å². The Kier molecular flexibility index (Phi) is 3.48. The number of aromatic nitrogens is 1. The van der Waals surface area contributed by atoms with E-state index >= 15 is 0 Å². The quantitative estimate of drug-likeness (QED) is 0.780. The molecular formula is C18H17NO. The number of rotatable bonds is 3. The van der Waals surface area contributed by atoms with Gasteiger partial charge in [0.05, 0.1) is 5.52 Å². The summed E-state index contributed by atoms with van der Waals surface area (Å²) >= 11 is 0. The summed E-state index contributed by atoms with van der Waals surface area (Å²) in [5, 5.41) is 10.2. The molecule has 3 rings (SSSR count). The summed E-state index contributed by atoms with van der Waals surface area (Å²) in [6.45, 7) is 2.30. The predicted octanol–water partition coefficient (Wildman–Crippen LogP) is 3.75. The first-order valence-corrected chi connectivity index (χ1v) is 6.84. The number of benzene rings is 2. The molecule has 0 aliphatic carbocycles. The molecular weight excluding hydrogens is 246 g/mol. The average molecular weight is 263 g/mol. The van der Waals surface area contributed by atoms with Crippen molar-refractivity contribution < 1.29 is 5.11 Å². The predicted molar refractivity (Wildman–Crippen MR) is 82.7 cm³/mol. The van der Waals surface area contributed by atoms with Crippen LogP contribution in [0.4, 0.5) is 0 Å². The van der Waals surface area contributed by atoms with Crippen LogP contribution in [0.15, 0.2) is 54.7 Å². The minimum absolute atomic E-state index is 0.170. The van der Waals surface area contributed by atoms with E-state index in [1.54, 1.807) is 0 Å². The standard InChI is InChI=1S/C18H17NO/c1-13-4-2-3-5-15(13)16-8-10-19-18-12-14(9-11-20)6-7-17(16)18/h2-8,10,12,20H,9,11H2,1H3. The van der Waals surface area contributed by atoms with Crippen molar-refractivity contribution in [1.82, 2.24) is 4.98 Å². The fourth-order valence-electron chi connectivity index (χ4n) is 2.59. The summed E-state index contributed by atoms with van der Waals surface area (Å²) in [4.78, 5) is 4.46. The molecule has 0 saturated carbocycles. The lowest BCUT2D eigenvalue weighted by Gasteiger charge is -2.10. The molecule has 1 aromatic heterocycles. The Morgan fingerprint density at radius 2 is 1.85 bits per heavy atom. The minimum atomic E-state index is 0.170. The van der Waals surface area contributed by atoms with Crippen LogP contribution in [0.25, 0.3) is 22.0 Å². The average Bonchev–Trinajstić information content (AvgIpc) is 2.47. The van der Waals surface area contributed by atoms with Gasteiger partial charge in [-0.25, -0.2) is 0 Å². The summed E-state index contributed by atoms with van der Waals surface area (Å²) in [5.74, 6) is 0. The number of hydrogen-bond acceptors (Lipinski definition) is 2. The Labute approximate surface area is 118 Å². The van der Waals surface area contributed by atoms with Crippen molar-refractivity contribution in [2.24, 2.45) is 0 Å². The van der Waals surface area contributed by atoms with Gasteiger partial charge in [0.25, 0.3) is 0 Å². The number of nitrogens with zero attached hydrogens (tertiary/aromatic N) is 1. The van der Waals surface area contributed by atoms with Crippen molar-refractivity contribution >= 4 is 10.9 Å². The SMILES string of the molecule is Cc1ccccc1-c1ccnc2cc(CCO)ccc12. The molecule has 0 atom stereocenters. The molecule has 0 aliphatic rings. The maximum atomic E-state index is 9.04. The highest BCUT2D eigenvalue weighted by Crippen LogP contribution is 2.30. The van der Waals surface area contributed by atoms with Crippen LogP contribution in [0.1, 0.15) is 11.1 Å². The molecule has 0 unspecified atom stereocenters. The fraction of sp³-hybridized carbons (Fsp3) is 0.167. The molecule has 0 fully saturated rings. The molecule has 2 nitrogen and oxygen atoms in total. The molecule has 20 heavy (non-hydrogen) atoms. The van der Waals surface area contributed by atoms with E-state index in [2.05, 4.69) is 60.4 Å². The largest absolute Gasteiger partial charge is 0.396 e. The molecule has 3 aromatic rings. The molecule has 2 aromatic carbocycles. The first-order valence-electron chi connectivity index (χ1n) is 6.84. The van der Waals surface area contributed by atoms with Crippen molar-refractivity contribution in [2.75, 3.05) is 6.61 Å². The second-order valence-electron chi connectivity index (χ2n) is 5.00. The van der Waals surface area contributed by atoms with Crippen molar-refractivity contribution in [2.45, 2.75) is 13.3 Å². The van der Waals surface area contributed by atoms with Crippen molar-refractivity contribution in [1.29, 1.82) is 0 Å². The molecule has 1 heterocycles. The van der Waals surface area contributed by atoms with E-state index in [1.807, 2.05) is 6.20 Å². The van der Waals surface area contributed by atoms with Gasteiger partial charge in [0, 0.05) is 18.2 Å². The van der Waals surface area contributed by atoms with E-state index in [4.69, 9.17) is 5.11 Å². The van der Waals surface area contributed by atoms with Crippen LogP contribution >= 0.6 is 0 Å². The van der Waals surface area contributed by atoms with E-state index in [0.29, 0.717) is 6.42 Å². The Morgan fingerprint density at radius 3 is 2.65 bits per heavy atom. The van der Waals surface area contributed by atoms with E-state index in [-0.39, 0.29) is 6.61 Å². The third-order valence-corrected chi connectivity index (χ3v) is 3.64. The van der Waals surface area contributed by atoms with Crippen LogP contribution in [0.5, 0.6) is 0 Å². The van der Waals surface area contributed by atoms with Crippen LogP contribution in [-0.2, 0) is 6.42 Å². The summed E-state index contributed by atoms with van der Waals surface area (Å²) in [6.07, 6.45) is 2.53. The number of aliphatic hydroxyl groups excluding tert-OH is 1. The summed E-state index contributed by atoms with van der Waals surface area (Å²) < 4.78 is 0. The lowest BCUT2D eigenvalue weighted by molar-refractivity contribution is 0.299. The zero-order valence-electron chi connectivity index (χ0n) is 11.5. The molecule has 0 spiro atoms. The third kappa shape index (κ3) is 2.30. The molecule has 1 N–H and O–H groups in total. The summed E-state index contributed by atoms with van der Waals surface area (Å²) in [6, 6.07) is 16.7. The molecule has 2 heteroatoms. The summed E-state index contributed by atoms with van der Waals surface area (Å²) in [7, 11) is 0. The Balaban J connectivity index is 2.20. The van der Waals surface area contributed by atoms with E-state index in [1.165, 1.54) is 16.7 Å². The van der Waals surface area contributed by atoms with Gasteiger partial charge in [0.1, 0.15) is 0 Å². The Bertz CT molecular complexity index is 749. The highest BCUT2D eigenvalue weighted by atomic mass is 16.2. The first-order chi connectivity index (χ1) is 9.79. The van der Waals surface area contributed by atoms with Crippen molar-refractivity contribution in [3.63, 3.8) is 0 Å². The number of pyridine rings is 1. The van der Waals surface area contributed by atoms with Crippen LogP contribution in [0.3, 0.4) is 0 Å². The number of aryl methyl sites for hydroxylation is 1. The minimum Gasteiger partial charge on any atom is -0.396 e.